The van der Waals surface area contributed by atoms with Crippen molar-refractivity contribution in [1.82, 2.24) is 0 Å². The van der Waals surface area contributed by atoms with Crippen molar-refractivity contribution >= 4 is 11.4 Å². The van der Waals surface area contributed by atoms with Crippen molar-refractivity contribution in [2.75, 3.05) is 14.2 Å². The van der Waals surface area contributed by atoms with Gasteiger partial charge in [-0.15, -0.1) is 0 Å². The lowest BCUT2D eigenvalue weighted by Crippen LogP contribution is -2.25. The second-order valence-corrected chi connectivity index (χ2v) is 7.22. The highest BCUT2D eigenvalue weighted by Crippen LogP contribution is 2.48. The van der Waals surface area contributed by atoms with E-state index in [0.717, 1.165) is 23.1 Å². The summed E-state index contributed by atoms with van der Waals surface area (Å²) in [7, 11) is 3.26. The largest absolute Gasteiger partial charge is 0.493 e. The van der Waals surface area contributed by atoms with E-state index < -0.39 is 0 Å². The summed E-state index contributed by atoms with van der Waals surface area (Å²) in [6, 6.07) is 4.01. The van der Waals surface area contributed by atoms with E-state index in [1.54, 1.807) is 14.2 Å². The van der Waals surface area contributed by atoms with Crippen molar-refractivity contribution in [3.8, 4) is 11.5 Å². The highest BCUT2D eigenvalue weighted by molar-refractivity contribution is 6.24. The quantitative estimate of drug-likeness (QED) is 0.749. The van der Waals surface area contributed by atoms with Crippen LogP contribution in [0.1, 0.15) is 57.6 Å². The summed E-state index contributed by atoms with van der Waals surface area (Å²) >= 11 is 0. The van der Waals surface area contributed by atoms with E-state index in [0.29, 0.717) is 29.4 Å². The van der Waals surface area contributed by atoms with Crippen molar-refractivity contribution in [3.05, 3.63) is 41.5 Å². The summed E-state index contributed by atoms with van der Waals surface area (Å²) in [6.07, 6.45) is 3.19. The van der Waals surface area contributed by atoms with Gasteiger partial charge in [0.25, 0.3) is 0 Å². The van der Waals surface area contributed by atoms with Crippen LogP contribution in [0.4, 0.5) is 0 Å². The van der Waals surface area contributed by atoms with E-state index in [9.17, 15) is 4.79 Å². The third-order valence-electron chi connectivity index (χ3n) is 4.90. The van der Waals surface area contributed by atoms with Gasteiger partial charge in [-0.2, -0.15) is 0 Å². The maximum atomic E-state index is 12.7. The van der Waals surface area contributed by atoms with Crippen LogP contribution in [-0.2, 0) is 4.79 Å². The number of benzene rings is 1. The van der Waals surface area contributed by atoms with Gasteiger partial charge in [0.05, 0.1) is 14.2 Å². The maximum Gasteiger partial charge on any atom is 0.168 e. The number of ketones is 1. The van der Waals surface area contributed by atoms with Crippen LogP contribution >= 0.6 is 0 Å². The summed E-state index contributed by atoms with van der Waals surface area (Å²) in [5.41, 5.74) is 3.48. The van der Waals surface area contributed by atoms with Crippen molar-refractivity contribution in [3.63, 3.8) is 0 Å². The molecule has 0 bridgehead atoms. The van der Waals surface area contributed by atoms with Gasteiger partial charge < -0.3 is 9.47 Å². The Balaban J connectivity index is 2.82. The van der Waals surface area contributed by atoms with Gasteiger partial charge in [-0.1, -0.05) is 46.4 Å². The van der Waals surface area contributed by atoms with E-state index in [-0.39, 0.29) is 11.2 Å². The lowest BCUT2D eigenvalue weighted by atomic mass is 9.70. The van der Waals surface area contributed by atoms with Crippen molar-refractivity contribution in [1.29, 1.82) is 0 Å². The van der Waals surface area contributed by atoms with Crippen LogP contribution in [-0.4, -0.2) is 20.0 Å². The summed E-state index contributed by atoms with van der Waals surface area (Å²) in [5, 5.41) is 0. The van der Waals surface area contributed by atoms with Crippen LogP contribution in [0.25, 0.3) is 5.57 Å². The fourth-order valence-electron chi connectivity index (χ4n) is 3.49. The minimum atomic E-state index is -0.0834. The number of Topliss-reactive ketones (excluding diaryl/α,β-unsaturated/α-hetero) is 1. The molecule has 0 unspecified atom stereocenters. The molecule has 130 valence electrons. The molecule has 0 saturated heterocycles. The maximum absolute atomic E-state index is 12.7. The Bertz CT molecular complexity index is 693. The third kappa shape index (κ3) is 3.00. The Morgan fingerprint density at radius 3 is 2.29 bits per heavy atom. The molecule has 3 nitrogen and oxygen atoms in total. The average molecular weight is 328 g/mol. The van der Waals surface area contributed by atoms with Crippen LogP contribution in [0.15, 0.2) is 30.4 Å². The SMILES string of the molecule is C=CC1=C(c2ccc(C(C)C)c(OC)c2OC)C(=O)CCC1(C)C. The van der Waals surface area contributed by atoms with E-state index >= 15 is 0 Å². The molecule has 0 heterocycles. The van der Waals surface area contributed by atoms with Gasteiger partial charge in [0.15, 0.2) is 17.3 Å². The molecule has 1 aromatic rings. The molecule has 0 fully saturated rings. The Morgan fingerprint density at radius 1 is 1.17 bits per heavy atom. The van der Waals surface area contributed by atoms with Gasteiger partial charge in [-0.05, 0) is 29.4 Å². The van der Waals surface area contributed by atoms with Crippen molar-refractivity contribution < 1.29 is 14.3 Å². The van der Waals surface area contributed by atoms with E-state index in [4.69, 9.17) is 9.47 Å². The molecule has 0 atom stereocenters. The zero-order chi connectivity index (χ0) is 18.1. The van der Waals surface area contributed by atoms with Gasteiger partial charge in [0.2, 0.25) is 0 Å². The molecule has 0 aliphatic heterocycles. The van der Waals surface area contributed by atoms with E-state index in [2.05, 4.69) is 34.3 Å². The number of methoxy groups -OCH3 is 2. The number of ether oxygens (including phenoxy) is 2. The zero-order valence-electron chi connectivity index (χ0n) is 15.7. The molecule has 0 radical (unpaired) electrons. The van der Waals surface area contributed by atoms with E-state index in [1.807, 2.05) is 18.2 Å². The number of carbonyl (C=O) groups excluding carboxylic acids is 1. The second kappa shape index (κ2) is 6.84. The molecule has 1 aliphatic carbocycles. The first kappa shape index (κ1) is 18.3. The van der Waals surface area contributed by atoms with Gasteiger partial charge in [-0.25, -0.2) is 0 Å². The lowest BCUT2D eigenvalue weighted by molar-refractivity contribution is -0.114. The van der Waals surface area contributed by atoms with Crippen LogP contribution in [0.3, 0.4) is 0 Å². The second-order valence-electron chi connectivity index (χ2n) is 7.22. The van der Waals surface area contributed by atoms with Gasteiger partial charge in [0.1, 0.15) is 0 Å². The molecular formula is C21H28O3. The summed E-state index contributed by atoms with van der Waals surface area (Å²) < 4.78 is 11.3. The predicted octanol–water partition coefficient (Wildman–Crippen LogP) is 5.16. The Morgan fingerprint density at radius 2 is 1.79 bits per heavy atom. The molecule has 24 heavy (non-hydrogen) atoms. The summed E-state index contributed by atoms with van der Waals surface area (Å²) in [5.74, 6) is 1.78. The van der Waals surface area contributed by atoms with Gasteiger partial charge >= 0.3 is 0 Å². The highest BCUT2D eigenvalue weighted by atomic mass is 16.5. The van der Waals surface area contributed by atoms with E-state index in [1.165, 1.54) is 0 Å². The van der Waals surface area contributed by atoms with Crippen LogP contribution in [0.2, 0.25) is 0 Å². The topological polar surface area (TPSA) is 35.5 Å². The molecule has 0 spiro atoms. The zero-order valence-corrected chi connectivity index (χ0v) is 15.7. The van der Waals surface area contributed by atoms with Gasteiger partial charge in [0, 0.05) is 23.1 Å². The van der Waals surface area contributed by atoms with Crippen LogP contribution in [0.5, 0.6) is 11.5 Å². The summed E-state index contributed by atoms with van der Waals surface area (Å²) in [4.78, 5) is 12.7. The molecule has 0 amide bonds. The number of hydrogen-bond acceptors (Lipinski definition) is 3. The molecule has 0 saturated carbocycles. The number of allylic oxidation sites excluding steroid dienone is 3. The first-order valence-corrected chi connectivity index (χ1v) is 8.44. The van der Waals surface area contributed by atoms with Gasteiger partial charge in [-0.3, -0.25) is 4.79 Å². The summed E-state index contributed by atoms with van der Waals surface area (Å²) in [6.45, 7) is 12.5. The standard InChI is InChI=1S/C21H28O3/c1-8-16-18(17(22)11-12-21(16,4)5)15-10-9-14(13(2)3)19(23-6)20(15)24-7/h8-10,13H,1,11-12H2,2-7H3. The molecule has 0 aromatic heterocycles. The van der Waals surface area contributed by atoms with Crippen LogP contribution in [0, 0.1) is 5.41 Å². The number of hydrogen-bond donors (Lipinski definition) is 0. The molecular weight excluding hydrogens is 300 g/mol. The normalized spacial score (nSPS) is 17.2. The number of rotatable bonds is 5. The average Bonchev–Trinajstić information content (AvgIpc) is 2.54. The monoisotopic (exact) mass is 328 g/mol. The Kier molecular flexibility index (Phi) is 5.22. The molecule has 1 aliphatic rings. The number of carbonyl (C=O) groups is 1. The fourth-order valence-corrected chi connectivity index (χ4v) is 3.49. The third-order valence-corrected chi connectivity index (χ3v) is 4.90. The Labute approximate surface area is 145 Å². The lowest BCUT2D eigenvalue weighted by Gasteiger charge is -2.33. The van der Waals surface area contributed by atoms with Crippen LogP contribution < -0.4 is 9.47 Å². The first-order chi connectivity index (χ1) is 11.3. The fraction of sp³-hybridized carbons (Fsp3) is 0.476. The molecule has 0 N–H and O–H groups in total. The first-order valence-electron chi connectivity index (χ1n) is 8.44. The minimum Gasteiger partial charge on any atom is -0.493 e. The molecule has 2 rings (SSSR count). The Hall–Kier alpha value is -2.03. The molecule has 1 aromatic carbocycles. The van der Waals surface area contributed by atoms with Crippen molar-refractivity contribution in [2.45, 2.75) is 46.5 Å². The smallest absolute Gasteiger partial charge is 0.168 e. The van der Waals surface area contributed by atoms with Crippen molar-refractivity contribution in [2.24, 2.45) is 5.41 Å². The minimum absolute atomic E-state index is 0.0834. The highest BCUT2D eigenvalue weighted by Gasteiger charge is 2.35. The predicted molar refractivity (Wildman–Crippen MR) is 98.8 cm³/mol. The molecule has 3 heteroatoms.